The highest BCUT2D eigenvalue weighted by molar-refractivity contribution is 9.10. The Morgan fingerprint density at radius 1 is 1.54 bits per heavy atom. The van der Waals surface area contributed by atoms with Gasteiger partial charge in [-0.15, -0.1) is 5.01 Å². The fourth-order valence-electron chi connectivity index (χ4n) is 2.45. The molecule has 2 heterocycles. The second-order valence-corrected chi connectivity index (χ2v) is 6.75. The van der Waals surface area contributed by atoms with Gasteiger partial charge in [-0.05, 0) is 37.0 Å². The van der Waals surface area contributed by atoms with E-state index in [-0.39, 0.29) is 15.0 Å². The highest BCUT2D eigenvalue weighted by Crippen LogP contribution is 2.40. The van der Waals surface area contributed by atoms with E-state index in [1.807, 2.05) is 0 Å². The summed E-state index contributed by atoms with van der Waals surface area (Å²) < 4.78 is 73.1. The average molecular weight is 469 g/mol. The Labute approximate surface area is 170 Å². The van der Waals surface area contributed by atoms with Crippen molar-refractivity contribution >= 4 is 28.0 Å². The monoisotopic (exact) mass is 468 g/mol. The van der Waals surface area contributed by atoms with Crippen molar-refractivity contribution in [1.82, 2.24) is 5.01 Å². The molecule has 0 aromatic heterocycles. The Bertz CT molecular complexity index is 936. The molecule has 2 aliphatic heterocycles. The summed E-state index contributed by atoms with van der Waals surface area (Å²) in [5.74, 6) is -1.94. The first kappa shape index (κ1) is 16.5. The molecule has 1 atom stereocenters. The first-order chi connectivity index (χ1) is 14.4. The van der Waals surface area contributed by atoms with Crippen LogP contribution in [-0.4, -0.2) is 48.1 Å². The number of fused-ring (bicyclic) bond motifs is 1. The lowest BCUT2D eigenvalue weighted by atomic mass is 9.99. The maximum Gasteiger partial charge on any atom is 0.430 e. The van der Waals surface area contributed by atoms with Gasteiger partial charge in [-0.1, -0.05) is 15.9 Å². The number of alkyl halides is 3. The molecule has 2 aliphatic rings. The van der Waals surface area contributed by atoms with Gasteiger partial charge in [0.25, 0.3) is 6.79 Å². The molecule has 1 unspecified atom stereocenters. The molecule has 3 rings (SSSR count). The summed E-state index contributed by atoms with van der Waals surface area (Å²) in [6, 6.07) is 2.43. The summed E-state index contributed by atoms with van der Waals surface area (Å²) in [6.45, 7) is -2.73. The van der Waals surface area contributed by atoms with Crippen molar-refractivity contribution in [2.24, 2.45) is 5.28 Å². The van der Waals surface area contributed by atoms with Gasteiger partial charge in [-0.2, -0.15) is 13.2 Å². The number of hydrogen-bond donors (Lipinski definition) is 0. The summed E-state index contributed by atoms with van der Waals surface area (Å²) in [7, 11) is 0. The maximum absolute atomic E-state index is 13.6. The third-order valence-electron chi connectivity index (χ3n) is 3.89. The highest BCUT2D eigenvalue weighted by atomic mass is 79.9. The number of carbonyl (C=O) groups is 1. The summed E-state index contributed by atoms with van der Waals surface area (Å²) in [5.41, 5.74) is -1.42. The van der Waals surface area contributed by atoms with Crippen LogP contribution in [0.2, 0.25) is 0 Å². The molecule has 152 valence electrons. The van der Waals surface area contributed by atoms with Gasteiger partial charge in [0.15, 0.2) is 0 Å². The van der Waals surface area contributed by atoms with E-state index in [0.29, 0.717) is 13.1 Å². The van der Waals surface area contributed by atoms with Crippen molar-refractivity contribution in [2.45, 2.75) is 25.6 Å². The van der Waals surface area contributed by atoms with Crippen LogP contribution in [0.15, 0.2) is 27.5 Å². The molecule has 0 amide bonds. The van der Waals surface area contributed by atoms with Crippen LogP contribution in [0.5, 0.6) is 5.75 Å². The lowest BCUT2D eigenvalue weighted by Crippen LogP contribution is -2.42. The quantitative estimate of drug-likeness (QED) is 0.164. The number of nitrogens with zero attached hydrogens (tertiary/aromatic N) is 3. The van der Waals surface area contributed by atoms with Crippen LogP contribution in [0.3, 0.4) is 0 Å². The number of halogens is 4. The Kier molecular flexibility index (Phi) is 4.62. The van der Waals surface area contributed by atoms with Gasteiger partial charge in [-0.25, -0.2) is 4.79 Å². The predicted molar refractivity (Wildman–Crippen MR) is 91.6 cm³/mol. The molecule has 1 fully saturated rings. The number of aryl methyl sites for hydroxylation is 1. The zero-order valence-electron chi connectivity index (χ0n) is 17.0. The molecule has 1 aromatic rings. The Morgan fingerprint density at radius 3 is 2.89 bits per heavy atom. The van der Waals surface area contributed by atoms with E-state index in [2.05, 4.69) is 30.8 Å². The molecule has 0 bridgehead atoms. The predicted octanol–water partition coefficient (Wildman–Crippen LogP) is 3.48. The number of ether oxygens (including phenoxy) is 2. The molecular formula is C16H15BrF3N3O5. The number of benzene rings is 1. The molecule has 28 heavy (non-hydrogen) atoms. The van der Waals surface area contributed by atoms with Crippen LogP contribution in [0.1, 0.15) is 21.7 Å². The Morgan fingerprint density at radius 2 is 2.29 bits per heavy atom. The first-order valence-electron chi connectivity index (χ1n) is 9.39. The second-order valence-electron chi connectivity index (χ2n) is 5.83. The van der Waals surface area contributed by atoms with E-state index in [1.165, 1.54) is 11.1 Å². The molecular weight excluding hydrogens is 451 g/mol. The third-order valence-corrected chi connectivity index (χ3v) is 4.35. The SMILES string of the molecule is [2H]C([2H])([2H])c1cc(Br)cc2c1OC(C(F)(F)F)C(C(=O)OCON=[N+]([O-])N1CCC1)=C2. The highest BCUT2D eigenvalue weighted by Gasteiger charge is 2.49. The van der Waals surface area contributed by atoms with Crippen LogP contribution >= 0.6 is 15.9 Å². The normalized spacial score (nSPS) is 21.2. The van der Waals surface area contributed by atoms with Crippen molar-refractivity contribution in [3.8, 4) is 5.75 Å². The van der Waals surface area contributed by atoms with E-state index >= 15 is 0 Å². The van der Waals surface area contributed by atoms with Crippen LogP contribution < -0.4 is 4.74 Å². The van der Waals surface area contributed by atoms with Crippen LogP contribution in [0.4, 0.5) is 13.2 Å². The van der Waals surface area contributed by atoms with Gasteiger partial charge in [0.2, 0.25) is 11.4 Å². The van der Waals surface area contributed by atoms with E-state index in [9.17, 15) is 23.2 Å². The molecule has 0 spiro atoms. The van der Waals surface area contributed by atoms with Gasteiger partial charge in [-0.3, -0.25) is 0 Å². The molecule has 0 aliphatic carbocycles. The fraction of sp³-hybridized carbons (Fsp3) is 0.438. The van der Waals surface area contributed by atoms with Gasteiger partial charge in [0.1, 0.15) is 5.75 Å². The van der Waals surface area contributed by atoms with Crippen molar-refractivity contribution in [3.63, 3.8) is 0 Å². The molecule has 12 heteroatoms. The topological polar surface area (TPSA) is 86.4 Å². The number of esters is 1. The van der Waals surface area contributed by atoms with Crippen molar-refractivity contribution in [1.29, 1.82) is 0 Å². The number of hydrazine groups is 1. The minimum Gasteiger partial charge on any atom is -0.569 e. The summed E-state index contributed by atoms with van der Waals surface area (Å²) in [6.07, 6.45) is -6.16. The van der Waals surface area contributed by atoms with Gasteiger partial charge in [0.05, 0.1) is 23.6 Å². The van der Waals surface area contributed by atoms with Crippen molar-refractivity contribution in [3.05, 3.63) is 38.5 Å². The maximum atomic E-state index is 13.6. The zero-order valence-corrected chi connectivity index (χ0v) is 15.6. The van der Waals surface area contributed by atoms with Crippen molar-refractivity contribution < 1.29 is 41.4 Å². The summed E-state index contributed by atoms with van der Waals surface area (Å²) >= 11 is 3.09. The molecule has 8 nitrogen and oxygen atoms in total. The second kappa shape index (κ2) is 7.86. The molecule has 1 aromatic carbocycles. The Hall–Kier alpha value is -2.50. The number of hydrogen-bond acceptors (Lipinski definition) is 6. The van der Waals surface area contributed by atoms with Crippen molar-refractivity contribution in [2.75, 3.05) is 19.9 Å². The van der Waals surface area contributed by atoms with E-state index in [4.69, 9.17) is 8.85 Å². The first-order valence-corrected chi connectivity index (χ1v) is 8.68. The zero-order chi connectivity index (χ0) is 23.0. The van der Waals surface area contributed by atoms with Gasteiger partial charge < -0.3 is 19.5 Å². The van der Waals surface area contributed by atoms with E-state index in [0.717, 1.165) is 18.6 Å². The third kappa shape index (κ3) is 4.32. The fourth-order valence-corrected chi connectivity index (χ4v) is 2.92. The lowest BCUT2D eigenvalue weighted by molar-refractivity contribution is -0.723. The van der Waals surface area contributed by atoms with E-state index in [1.54, 1.807) is 0 Å². The summed E-state index contributed by atoms with van der Waals surface area (Å²) in [4.78, 5) is 16.9. The molecule has 0 radical (unpaired) electrons. The smallest absolute Gasteiger partial charge is 0.430 e. The van der Waals surface area contributed by atoms with Crippen LogP contribution in [0.25, 0.3) is 6.08 Å². The van der Waals surface area contributed by atoms with Gasteiger partial charge >= 0.3 is 12.1 Å². The summed E-state index contributed by atoms with van der Waals surface area (Å²) in [5, 5.41) is 15.8. The lowest BCUT2D eigenvalue weighted by Gasteiger charge is -2.28. The standard InChI is InChI=1S/C16H15BrF3N3O5/c1-9-5-11(17)6-10-7-12(14(16(18,19)20)28-13(9)10)15(24)26-8-27-21-23(25)22-3-2-4-22/h5-7,14H,2-4,8H2,1H3/i1D3. The number of carbonyl (C=O) groups excluding carboxylic acids is 1. The van der Waals surface area contributed by atoms with Crippen LogP contribution in [0, 0.1) is 12.1 Å². The number of rotatable bonds is 5. The largest absolute Gasteiger partial charge is 0.569 e. The molecule has 1 saturated heterocycles. The Balaban J connectivity index is 1.83. The average Bonchev–Trinajstić information content (AvgIpc) is 2.60. The van der Waals surface area contributed by atoms with E-state index < -0.39 is 48.8 Å². The molecule has 0 saturated carbocycles. The van der Waals surface area contributed by atoms with Crippen LogP contribution in [-0.2, 0) is 14.4 Å². The minimum absolute atomic E-state index is 0.0536. The van der Waals surface area contributed by atoms with Gasteiger partial charge in [0, 0.05) is 14.1 Å². The molecule has 0 N–H and O–H groups in total. The minimum atomic E-state index is -5.05.